The van der Waals surface area contributed by atoms with Crippen LogP contribution >= 0.6 is 11.3 Å². The molecule has 4 atom stereocenters. The second kappa shape index (κ2) is 8.53. The molecule has 13 heteroatoms. The summed E-state index contributed by atoms with van der Waals surface area (Å²) < 4.78 is 55.8. The molecule has 6 rings (SSSR count). The number of rotatable bonds is 5. The number of carbonyl (C=O) groups excluding carboxylic acids is 1. The standard InChI is InChI=1S/C23H30N4O6S3/c1-35(30,31)24-10-14-11-34-22-20(14)36(32,33)26-21(25-22)17-19(28)16-12-7-8-13(9-12)18(16)27(23(17)29)15-5-3-2-4-6-15/h11-13,15-16,18,24,28H,2-10H2,1H3,(H,25,26)/t12-,13+,16+,18?/m0/s1. The van der Waals surface area contributed by atoms with Crippen LogP contribution in [0, 0.1) is 17.8 Å². The molecule has 1 aromatic rings. The highest BCUT2D eigenvalue weighted by Crippen LogP contribution is 2.56. The summed E-state index contributed by atoms with van der Waals surface area (Å²) in [5, 5.41) is 16.3. The first kappa shape index (κ1) is 24.4. The van der Waals surface area contributed by atoms with Crippen LogP contribution in [-0.4, -0.2) is 56.9 Å². The summed E-state index contributed by atoms with van der Waals surface area (Å²) in [5.41, 5.74) is 0.244. The number of nitrogens with one attached hydrogen (secondary N) is 2. The number of aliphatic hydroxyl groups excluding tert-OH is 1. The summed E-state index contributed by atoms with van der Waals surface area (Å²) in [6, 6.07) is 0.0582. The van der Waals surface area contributed by atoms with E-state index >= 15 is 0 Å². The lowest BCUT2D eigenvalue weighted by Gasteiger charge is -2.48. The quantitative estimate of drug-likeness (QED) is 0.507. The summed E-state index contributed by atoms with van der Waals surface area (Å²) >= 11 is 1.10. The molecule has 0 saturated heterocycles. The Labute approximate surface area is 215 Å². The van der Waals surface area contributed by atoms with Gasteiger partial charge in [-0.25, -0.2) is 13.1 Å². The molecule has 2 bridgehead atoms. The molecule has 3 aliphatic carbocycles. The molecule has 5 aliphatic rings. The van der Waals surface area contributed by atoms with E-state index in [9.17, 15) is 26.7 Å². The van der Waals surface area contributed by atoms with E-state index in [4.69, 9.17) is 0 Å². The predicted molar refractivity (Wildman–Crippen MR) is 136 cm³/mol. The number of hydrogen-bond acceptors (Lipinski definition) is 8. The number of anilines is 1. The molecule has 1 amide bonds. The fourth-order valence-corrected chi connectivity index (χ4v) is 10.1. The molecule has 3 N–H and O–H groups in total. The van der Waals surface area contributed by atoms with E-state index in [0.717, 1.165) is 69.0 Å². The Morgan fingerprint density at radius 2 is 1.92 bits per heavy atom. The molecule has 0 spiro atoms. The van der Waals surface area contributed by atoms with Crippen molar-refractivity contribution in [3.05, 3.63) is 22.3 Å². The minimum Gasteiger partial charge on any atom is -0.511 e. The van der Waals surface area contributed by atoms with Gasteiger partial charge in [0.25, 0.3) is 15.9 Å². The van der Waals surface area contributed by atoms with E-state index in [0.29, 0.717) is 5.92 Å². The van der Waals surface area contributed by atoms with Crippen LogP contribution in [-0.2, 0) is 31.4 Å². The van der Waals surface area contributed by atoms with Gasteiger partial charge in [-0.1, -0.05) is 19.3 Å². The number of sulfonamides is 2. The Kier molecular flexibility index (Phi) is 5.78. The molecule has 1 aromatic heterocycles. The lowest BCUT2D eigenvalue weighted by molar-refractivity contribution is -0.137. The van der Waals surface area contributed by atoms with Crippen molar-refractivity contribution in [2.45, 2.75) is 74.9 Å². The average Bonchev–Trinajstić information content (AvgIpc) is 3.53. The van der Waals surface area contributed by atoms with E-state index in [1.807, 2.05) is 4.90 Å². The van der Waals surface area contributed by atoms with Gasteiger partial charge in [-0.15, -0.1) is 15.7 Å². The van der Waals surface area contributed by atoms with Crippen molar-refractivity contribution < 1.29 is 26.7 Å². The number of amidine groups is 1. The highest BCUT2D eigenvalue weighted by Gasteiger charge is 2.58. The van der Waals surface area contributed by atoms with Crippen LogP contribution in [0.2, 0.25) is 0 Å². The van der Waals surface area contributed by atoms with Crippen LogP contribution in [0.5, 0.6) is 0 Å². The van der Waals surface area contributed by atoms with Crippen molar-refractivity contribution in [1.29, 1.82) is 0 Å². The van der Waals surface area contributed by atoms with Crippen molar-refractivity contribution in [3.8, 4) is 0 Å². The van der Waals surface area contributed by atoms with E-state index < -0.39 is 20.0 Å². The maximum absolute atomic E-state index is 14.0. The van der Waals surface area contributed by atoms with E-state index in [-0.39, 0.29) is 69.0 Å². The van der Waals surface area contributed by atoms with E-state index in [2.05, 4.69) is 14.4 Å². The highest BCUT2D eigenvalue weighted by molar-refractivity contribution is 7.91. The summed E-state index contributed by atoms with van der Waals surface area (Å²) in [6.07, 6.45) is 9.14. The van der Waals surface area contributed by atoms with Crippen LogP contribution < -0.4 is 10.0 Å². The van der Waals surface area contributed by atoms with Crippen LogP contribution in [0.4, 0.5) is 5.00 Å². The third-order valence-corrected chi connectivity index (χ3v) is 11.6. The van der Waals surface area contributed by atoms with Gasteiger partial charge in [0, 0.05) is 30.1 Å². The third kappa shape index (κ3) is 3.89. The maximum atomic E-state index is 14.0. The molecule has 2 aliphatic heterocycles. The molecule has 3 saturated carbocycles. The maximum Gasteiger partial charge on any atom is 0.287 e. The molecule has 3 fully saturated rings. The first-order valence-electron chi connectivity index (χ1n) is 12.5. The SMILES string of the molecule is CS(=O)(=O)NCc1csc2c1S(=O)(=O)N=C(C1=C(O)[C@H]3C([C@@H]4CC[C@H]3C4)N(C3CCCCC3)C1=O)N2. The topological polar surface area (TPSA) is 145 Å². The zero-order valence-electron chi connectivity index (χ0n) is 19.9. The number of thiophene rings is 1. The minimum absolute atomic E-state index is 0.0325. The number of carbonyl (C=O) groups is 1. The van der Waals surface area contributed by atoms with Crippen LogP contribution in [0.25, 0.3) is 0 Å². The molecule has 196 valence electrons. The molecule has 36 heavy (non-hydrogen) atoms. The Bertz CT molecular complexity index is 1390. The van der Waals surface area contributed by atoms with Gasteiger partial charge in [0.1, 0.15) is 21.2 Å². The van der Waals surface area contributed by atoms with Gasteiger partial charge in [0.15, 0.2) is 5.84 Å². The van der Waals surface area contributed by atoms with Gasteiger partial charge < -0.3 is 15.3 Å². The largest absolute Gasteiger partial charge is 0.511 e. The molecule has 0 aromatic carbocycles. The van der Waals surface area contributed by atoms with Gasteiger partial charge in [-0.05, 0) is 49.3 Å². The van der Waals surface area contributed by atoms with Gasteiger partial charge in [-0.2, -0.15) is 8.42 Å². The second-order valence-electron chi connectivity index (χ2n) is 10.7. The highest BCUT2D eigenvalue weighted by atomic mass is 32.2. The fourth-order valence-electron chi connectivity index (χ4n) is 7.07. The Balaban J connectivity index is 1.40. The van der Waals surface area contributed by atoms with Crippen molar-refractivity contribution in [2.75, 3.05) is 11.6 Å². The molecule has 3 heterocycles. The lowest BCUT2D eigenvalue weighted by Crippen LogP contribution is -2.58. The van der Waals surface area contributed by atoms with E-state index in [1.165, 1.54) is 0 Å². The van der Waals surface area contributed by atoms with Gasteiger partial charge in [-0.3, -0.25) is 4.79 Å². The monoisotopic (exact) mass is 554 g/mol. The van der Waals surface area contributed by atoms with E-state index in [1.54, 1.807) is 5.38 Å². The number of hydrogen-bond donors (Lipinski definition) is 3. The lowest BCUT2D eigenvalue weighted by atomic mass is 9.76. The first-order chi connectivity index (χ1) is 17.0. The smallest absolute Gasteiger partial charge is 0.287 e. The van der Waals surface area contributed by atoms with Crippen molar-refractivity contribution in [1.82, 2.24) is 9.62 Å². The number of fused-ring (bicyclic) bond motifs is 6. The minimum atomic E-state index is -4.23. The predicted octanol–water partition coefficient (Wildman–Crippen LogP) is 2.71. The molecule has 1 unspecified atom stereocenters. The van der Waals surface area contributed by atoms with Crippen LogP contribution in [0.15, 0.2) is 26.0 Å². The van der Waals surface area contributed by atoms with Crippen LogP contribution in [0.3, 0.4) is 0 Å². The Morgan fingerprint density at radius 1 is 1.19 bits per heavy atom. The van der Waals surface area contributed by atoms with Crippen LogP contribution in [0.1, 0.15) is 56.9 Å². The summed E-state index contributed by atoms with van der Waals surface area (Å²) in [4.78, 5) is 15.9. The van der Waals surface area contributed by atoms with Crippen molar-refractivity contribution in [2.24, 2.45) is 22.2 Å². The fraction of sp³-hybridized carbons (Fsp3) is 0.652. The first-order valence-corrected chi connectivity index (χ1v) is 16.7. The Morgan fingerprint density at radius 3 is 2.64 bits per heavy atom. The van der Waals surface area contributed by atoms with Crippen molar-refractivity contribution >= 4 is 48.1 Å². The number of nitrogens with zero attached hydrogens (tertiary/aromatic N) is 2. The molecule has 10 nitrogen and oxygen atoms in total. The van der Waals surface area contributed by atoms with Crippen molar-refractivity contribution in [3.63, 3.8) is 0 Å². The van der Waals surface area contributed by atoms with Gasteiger partial charge in [0.2, 0.25) is 10.0 Å². The summed E-state index contributed by atoms with van der Waals surface area (Å²) in [6.45, 7) is -0.189. The summed E-state index contributed by atoms with van der Waals surface area (Å²) in [5.74, 6) is -0.0611. The third-order valence-electron chi connectivity index (χ3n) is 8.46. The zero-order valence-corrected chi connectivity index (χ0v) is 22.4. The Hall–Kier alpha value is -1.96. The molecule has 0 radical (unpaired) electrons. The summed E-state index contributed by atoms with van der Waals surface area (Å²) in [7, 11) is -7.76. The zero-order chi connectivity index (χ0) is 25.4. The second-order valence-corrected chi connectivity index (χ2v) is 14.9. The van der Waals surface area contributed by atoms with Gasteiger partial charge in [0.05, 0.1) is 6.26 Å². The normalized spacial score (nSPS) is 31.8. The van der Waals surface area contributed by atoms with Gasteiger partial charge >= 0.3 is 0 Å². The molecular formula is C23H30N4O6S3. The number of amides is 1. The number of aliphatic hydroxyl groups is 1. The average molecular weight is 555 g/mol. The molecular weight excluding hydrogens is 524 g/mol.